The van der Waals surface area contributed by atoms with Crippen molar-refractivity contribution in [2.45, 2.75) is 39.2 Å². The Morgan fingerprint density at radius 2 is 2.14 bits per heavy atom. The Bertz CT molecular complexity index is 364. The normalized spacial score (nSPS) is 11.6. The van der Waals surface area contributed by atoms with E-state index in [4.69, 9.17) is 4.74 Å². The predicted molar refractivity (Wildman–Crippen MR) is 86.6 cm³/mol. The van der Waals surface area contributed by atoms with Crippen LogP contribution in [0.5, 0.6) is 0 Å². The first kappa shape index (κ1) is 17.5. The first-order valence-corrected chi connectivity index (χ1v) is 7.85. The van der Waals surface area contributed by atoms with Crippen molar-refractivity contribution in [3.05, 3.63) is 18.5 Å². The van der Waals surface area contributed by atoms with Crippen LogP contribution in [0, 0.1) is 0 Å². The Labute approximate surface area is 128 Å². The van der Waals surface area contributed by atoms with Gasteiger partial charge in [0.25, 0.3) is 0 Å². The third-order valence-corrected chi connectivity index (χ3v) is 3.04. The third-order valence-electron chi connectivity index (χ3n) is 3.04. The molecule has 0 atom stereocenters. The number of hydrogen-bond acceptors (Lipinski definition) is 3. The minimum atomic E-state index is 0.804. The standard InChI is InChI=1S/C15H29N5O/c1-3-16-15(17-9-5-4-6-14-21-2)18-10-7-12-20-13-8-11-19-20/h8,11,13H,3-7,9-10,12,14H2,1-2H3,(H2,16,17,18). The molecule has 6 heteroatoms. The Morgan fingerprint density at radius 1 is 1.24 bits per heavy atom. The summed E-state index contributed by atoms with van der Waals surface area (Å²) in [6, 6.07) is 1.94. The Morgan fingerprint density at radius 3 is 2.86 bits per heavy atom. The molecule has 0 spiro atoms. The number of methoxy groups -OCH3 is 1. The van der Waals surface area contributed by atoms with Crippen LogP contribution in [0.15, 0.2) is 23.5 Å². The molecule has 0 saturated heterocycles. The molecule has 0 fully saturated rings. The largest absolute Gasteiger partial charge is 0.385 e. The molecule has 2 N–H and O–H groups in total. The Balaban J connectivity index is 2.13. The summed E-state index contributed by atoms with van der Waals surface area (Å²) in [5, 5.41) is 10.8. The van der Waals surface area contributed by atoms with E-state index in [1.807, 2.05) is 16.9 Å². The molecule has 120 valence electrons. The molecule has 21 heavy (non-hydrogen) atoms. The molecule has 1 rings (SSSR count). The number of aliphatic imine (C=N–C) groups is 1. The first-order chi connectivity index (χ1) is 10.4. The number of nitrogens with zero attached hydrogens (tertiary/aromatic N) is 3. The van der Waals surface area contributed by atoms with E-state index in [0.29, 0.717) is 0 Å². The number of nitrogens with one attached hydrogen (secondary N) is 2. The third kappa shape index (κ3) is 9.07. The highest BCUT2D eigenvalue weighted by molar-refractivity contribution is 5.79. The number of ether oxygens (including phenoxy) is 1. The lowest BCUT2D eigenvalue weighted by molar-refractivity contribution is 0.192. The molecule has 1 aromatic rings. The fourth-order valence-electron chi connectivity index (χ4n) is 1.95. The second-order valence-corrected chi connectivity index (χ2v) is 4.86. The van der Waals surface area contributed by atoms with Crippen LogP contribution in [0.4, 0.5) is 0 Å². The van der Waals surface area contributed by atoms with Crippen molar-refractivity contribution in [2.75, 3.05) is 33.4 Å². The summed E-state index contributed by atoms with van der Waals surface area (Å²) in [5.41, 5.74) is 0. The number of aryl methyl sites for hydroxylation is 1. The molecule has 0 aliphatic rings. The highest BCUT2D eigenvalue weighted by atomic mass is 16.5. The molecule has 0 radical (unpaired) electrons. The van der Waals surface area contributed by atoms with Crippen molar-refractivity contribution in [1.82, 2.24) is 20.4 Å². The molecule has 0 aliphatic carbocycles. The van der Waals surface area contributed by atoms with Crippen LogP contribution in [-0.4, -0.2) is 49.1 Å². The zero-order chi connectivity index (χ0) is 15.2. The fraction of sp³-hybridized carbons (Fsp3) is 0.733. The van der Waals surface area contributed by atoms with E-state index in [-0.39, 0.29) is 0 Å². The second-order valence-electron chi connectivity index (χ2n) is 4.86. The van der Waals surface area contributed by atoms with Crippen LogP contribution in [0.2, 0.25) is 0 Å². The lowest BCUT2D eigenvalue weighted by atomic mass is 10.2. The SMILES string of the molecule is CCNC(=NCCCn1cccn1)NCCCCCOC. The zero-order valence-electron chi connectivity index (χ0n) is 13.3. The van der Waals surface area contributed by atoms with Gasteiger partial charge in [-0.05, 0) is 38.7 Å². The molecule has 0 aliphatic heterocycles. The summed E-state index contributed by atoms with van der Waals surface area (Å²) in [6.45, 7) is 6.48. The van der Waals surface area contributed by atoms with E-state index in [2.05, 4.69) is 27.6 Å². The summed E-state index contributed by atoms with van der Waals surface area (Å²) in [5.74, 6) is 0.907. The van der Waals surface area contributed by atoms with E-state index < -0.39 is 0 Å². The van der Waals surface area contributed by atoms with Crippen LogP contribution >= 0.6 is 0 Å². The summed E-state index contributed by atoms with van der Waals surface area (Å²) >= 11 is 0. The lowest BCUT2D eigenvalue weighted by Crippen LogP contribution is -2.37. The first-order valence-electron chi connectivity index (χ1n) is 7.85. The van der Waals surface area contributed by atoms with Gasteiger partial charge in [-0.15, -0.1) is 0 Å². The summed E-state index contributed by atoms with van der Waals surface area (Å²) in [7, 11) is 1.75. The highest BCUT2D eigenvalue weighted by Gasteiger charge is 1.97. The topological polar surface area (TPSA) is 63.5 Å². The molecule has 0 unspecified atom stereocenters. The van der Waals surface area contributed by atoms with E-state index in [9.17, 15) is 0 Å². The average Bonchev–Trinajstić information content (AvgIpc) is 3.00. The Kier molecular flexibility index (Phi) is 10.2. The van der Waals surface area contributed by atoms with E-state index in [0.717, 1.165) is 58.0 Å². The van der Waals surface area contributed by atoms with E-state index >= 15 is 0 Å². The van der Waals surface area contributed by atoms with Crippen LogP contribution in [0.1, 0.15) is 32.6 Å². The van der Waals surface area contributed by atoms with Gasteiger partial charge in [-0.1, -0.05) is 0 Å². The van der Waals surface area contributed by atoms with Crippen molar-refractivity contribution in [1.29, 1.82) is 0 Å². The summed E-state index contributed by atoms with van der Waals surface area (Å²) in [4.78, 5) is 4.58. The van der Waals surface area contributed by atoms with Gasteiger partial charge in [0, 0.05) is 52.3 Å². The van der Waals surface area contributed by atoms with Gasteiger partial charge < -0.3 is 15.4 Å². The van der Waals surface area contributed by atoms with Gasteiger partial charge in [0.15, 0.2) is 5.96 Å². The number of hydrogen-bond donors (Lipinski definition) is 2. The van der Waals surface area contributed by atoms with Gasteiger partial charge in [-0.25, -0.2) is 0 Å². The van der Waals surface area contributed by atoms with Crippen LogP contribution in [0.25, 0.3) is 0 Å². The number of rotatable bonds is 11. The molecule has 0 amide bonds. The molecular formula is C15H29N5O. The minimum absolute atomic E-state index is 0.804. The van der Waals surface area contributed by atoms with Crippen molar-refractivity contribution in [3.63, 3.8) is 0 Å². The van der Waals surface area contributed by atoms with Gasteiger partial charge in [0.1, 0.15) is 0 Å². The van der Waals surface area contributed by atoms with Crippen molar-refractivity contribution in [2.24, 2.45) is 4.99 Å². The average molecular weight is 295 g/mol. The smallest absolute Gasteiger partial charge is 0.191 e. The molecule has 6 nitrogen and oxygen atoms in total. The fourth-order valence-corrected chi connectivity index (χ4v) is 1.95. The van der Waals surface area contributed by atoms with Crippen molar-refractivity contribution in [3.8, 4) is 0 Å². The summed E-state index contributed by atoms with van der Waals surface area (Å²) in [6.07, 6.45) is 8.22. The Hall–Kier alpha value is -1.56. The molecule has 1 aromatic heterocycles. The quantitative estimate of drug-likeness (QED) is 0.370. The maximum Gasteiger partial charge on any atom is 0.191 e. The predicted octanol–water partition coefficient (Wildman–Crippen LogP) is 1.64. The number of guanidine groups is 1. The van der Waals surface area contributed by atoms with Crippen LogP contribution < -0.4 is 10.6 Å². The lowest BCUT2D eigenvalue weighted by Gasteiger charge is -2.11. The highest BCUT2D eigenvalue weighted by Crippen LogP contribution is 1.94. The molecular weight excluding hydrogens is 266 g/mol. The van der Waals surface area contributed by atoms with Crippen molar-refractivity contribution < 1.29 is 4.74 Å². The molecule has 0 saturated carbocycles. The van der Waals surface area contributed by atoms with Gasteiger partial charge in [0.2, 0.25) is 0 Å². The maximum atomic E-state index is 5.04. The zero-order valence-corrected chi connectivity index (χ0v) is 13.3. The minimum Gasteiger partial charge on any atom is -0.385 e. The van der Waals surface area contributed by atoms with E-state index in [1.54, 1.807) is 13.3 Å². The van der Waals surface area contributed by atoms with Crippen molar-refractivity contribution >= 4 is 5.96 Å². The number of unbranched alkanes of at least 4 members (excludes halogenated alkanes) is 2. The van der Waals surface area contributed by atoms with Gasteiger partial charge in [0.05, 0.1) is 0 Å². The van der Waals surface area contributed by atoms with Gasteiger partial charge in [-0.3, -0.25) is 9.67 Å². The van der Waals surface area contributed by atoms with Gasteiger partial charge >= 0.3 is 0 Å². The molecule has 0 bridgehead atoms. The summed E-state index contributed by atoms with van der Waals surface area (Å²) < 4.78 is 6.98. The second kappa shape index (κ2) is 12.2. The number of aromatic nitrogens is 2. The van der Waals surface area contributed by atoms with Crippen LogP contribution in [0.3, 0.4) is 0 Å². The van der Waals surface area contributed by atoms with Gasteiger partial charge in [-0.2, -0.15) is 5.10 Å². The molecule has 0 aromatic carbocycles. The van der Waals surface area contributed by atoms with E-state index in [1.165, 1.54) is 6.42 Å². The van der Waals surface area contributed by atoms with Crippen LogP contribution in [-0.2, 0) is 11.3 Å². The maximum absolute atomic E-state index is 5.04. The monoisotopic (exact) mass is 295 g/mol. The molecule has 1 heterocycles.